The van der Waals surface area contributed by atoms with Crippen molar-refractivity contribution in [3.8, 4) is 0 Å². The minimum atomic E-state index is -0.0455. The zero-order valence-corrected chi connectivity index (χ0v) is 14.4. The largest absolute Gasteiger partial charge is 0.348 e. The summed E-state index contributed by atoms with van der Waals surface area (Å²) >= 11 is 1.51. The molecule has 1 aliphatic carbocycles. The van der Waals surface area contributed by atoms with Crippen LogP contribution in [-0.2, 0) is 0 Å². The van der Waals surface area contributed by atoms with Crippen LogP contribution in [0.5, 0.6) is 0 Å². The van der Waals surface area contributed by atoms with Crippen molar-refractivity contribution < 1.29 is 4.79 Å². The molecule has 6 heteroatoms. The van der Waals surface area contributed by atoms with Gasteiger partial charge in [-0.25, -0.2) is 9.97 Å². The average molecular weight is 340 g/mol. The van der Waals surface area contributed by atoms with Gasteiger partial charge in [0.25, 0.3) is 5.91 Å². The number of aromatic nitrogens is 3. The molecule has 0 aromatic carbocycles. The summed E-state index contributed by atoms with van der Waals surface area (Å²) in [6.45, 7) is 1.92. The SMILES string of the molecule is Cc1nc(C(=O)NC2CCC(n3ccc4cccnc43)CC2)cs1. The van der Waals surface area contributed by atoms with Gasteiger partial charge >= 0.3 is 0 Å². The van der Waals surface area contributed by atoms with Crippen LogP contribution in [0.3, 0.4) is 0 Å². The molecule has 1 saturated carbocycles. The smallest absolute Gasteiger partial charge is 0.270 e. The van der Waals surface area contributed by atoms with Gasteiger partial charge in [-0.05, 0) is 50.8 Å². The molecular weight excluding hydrogens is 320 g/mol. The molecule has 0 radical (unpaired) electrons. The standard InChI is InChI=1S/C18H20N4OS/c1-12-20-16(11-24-12)18(23)21-14-4-6-15(7-5-14)22-10-8-13-3-2-9-19-17(13)22/h2-3,8-11,14-15H,4-7H2,1H3,(H,21,23). The van der Waals surface area contributed by atoms with Crippen molar-refractivity contribution in [2.75, 3.05) is 0 Å². The van der Waals surface area contributed by atoms with Crippen LogP contribution in [0.4, 0.5) is 0 Å². The quantitative estimate of drug-likeness (QED) is 0.790. The van der Waals surface area contributed by atoms with Gasteiger partial charge in [0.05, 0.1) is 5.01 Å². The predicted molar refractivity (Wildman–Crippen MR) is 95.3 cm³/mol. The van der Waals surface area contributed by atoms with Crippen LogP contribution in [0.15, 0.2) is 36.0 Å². The molecule has 0 bridgehead atoms. The minimum absolute atomic E-state index is 0.0455. The molecule has 3 aromatic heterocycles. The Morgan fingerprint density at radius 2 is 2.12 bits per heavy atom. The van der Waals surface area contributed by atoms with Crippen LogP contribution in [0, 0.1) is 6.92 Å². The molecule has 0 unspecified atom stereocenters. The molecule has 0 aliphatic heterocycles. The van der Waals surface area contributed by atoms with Crippen molar-refractivity contribution in [2.24, 2.45) is 0 Å². The Hall–Kier alpha value is -2.21. The summed E-state index contributed by atoms with van der Waals surface area (Å²) in [4.78, 5) is 21.0. The Bertz CT molecular complexity index is 861. The topological polar surface area (TPSA) is 59.8 Å². The number of amides is 1. The molecule has 1 N–H and O–H groups in total. The summed E-state index contributed by atoms with van der Waals surface area (Å²) in [5.41, 5.74) is 1.60. The van der Waals surface area contributed by atoms with E-state index in [1.54, 1.807) is 0 Å². The number of rotatable bonds is 3. The van der Waals surface area contributed by atoms with Crippen LogP contribution in [0.2, 0.25) is 0 Å². The van der Waals surface area contributed by atoms with Gasteiger partial charge in [-0.2, -0.15) is 0 Å². The molecule has 124 valence electrons. The fourth-order valence-electron chi connectivity index (χ4n) is 3.51. The van der Waals surface area contributed by atoms with Gasteiger partial charge in [-0.3, -0.25) is 4.79 Å². The van der Waals surface area contributed by atoms with E-state index in [1.165, 1.54) is 16.7 Å². The summed E-state index contributed by atoms with van der Waals surface area (Å²) < 4.78 is 2.29. The lowest BCUT2D eigenvalue weighted by Crippen LogP contribution is -2.38. The first-order chi connectivity index (χ1) is 11.7. The average Bonchev–Trinajstić information content (AvgIpc) is 3.22. The number of nitrogens with zero attached hydrogens (tertiary/aromatic N) is 3. The zero-order chi connectivity index (χ0) is 16.5. The molecule has 4 rings (SSSR count). The van der Waals surface area contributed by atoms with Gasteiger partial charge in [-0.15, -0.1) is 11.3 Å². The minimum Gasteiger partial charge on any atom is -0.348 e. The molecule has 1 aliphatic rings. The molecule has 1 amide bonds. The highest BCUT2D eigenvalue weighted by molar-refractivity contribution is 7.09. The maximum absolute atomic E-state index is 12.2. The van der Waals surface area contributed by atoms with Crippen LogP contribution >= 0.6 is 11.3 Å². The van der Waals surface area contributed by atoms with Crippen LogP contribution in [0.1, 0.15) is 47.2 Å². The van der Waals surface area contributed by atoms with Gasteiger partial charge < -0.3 is 9.88 Å². The van der Waals surface area contributed by atoms with Gasteiger partial charge in [-0.1, -0.05) is 0 Å². The van der Waals surface area contributed by atoms with Gasteiger partial charge in [0.15, 0.2) is 0 Å². The van der Waals surface area contributed by atoms with Crippen molar-refractivity contribution >= 4 is 28.3 Å². The van der Waals surface area contributed by atoms with E-state index in [4.69, 9.17) is 0 Å². The second kappa shape index (κ2) is 6.36. The van der Waals surface area contributed by atoms with Crippen LogP contribution in [-0.4, -0.2) is 26.5 Å². The predicted octanol–water partition coefficient (Wildman–Crippen LogP) is 3.71. The van der Waals surface area contributed by atoms with Crippen molar-refractivity contribution in [1.82, 2.24) is 19.9 Å². The Morgan fingerprint density at radius 3 is 2.88 bits per heavy atom. The molecule has 1 fully saturated rings. The molecule has 3 heterocycles. The van der Waals surface area contributed by atoms with E-state index in [0.717, 1.165) is 36.3 Å². The summed E-state index contributed by atoms with van der Waals surface area (Å²) in [5, 5.41) is 7.07. The highest BCUT2D eigenvalue weighted by atomic mass is 32.1. The third-order valence-corrected chi connectivity index (χ3v) is 5.53. The molecule has 3 aromatic rings. The van der Waals surface area contributed by atoms with Crippen LogP contribution in [0.25, 0.3) is 11.0 Å². The fraction of sp³-hybridized carbons (Fsp3) is 0.389. The van der Waals surface area contributed by atoms with E-state index in [-0.39, 0.29) is 11.9 Å². The Kier molecular flexibility index (Phi) is 4.06. The number of nitrogens with one attached hydrogen (secondary N) is 1. The van der Waals surface area contributed by atoms with Crippen molar-refractivity contribution in [3.63, 3.8) is 0 Å². The Labute approximate surface area is 144 Å². The second-order valence-electron chi connectivity index (χ2n) is 6.37. The number of hydrogen-bond acceptors (Lipinski definition) is 4. The number of fused-ring (bicyclic) bond motifs is 1. The number of aryl methyl sites for hydroxylation is 1. The van der Waals surface area contributed by atoms with Crippen molar-refractivity contribution in [1.29, 1.82) is 0 Å². The Balaban J connectivity index is 1.39. The lowest BCUT2D eigenvalue weighted by atomic mass is 9.91. The van der Waals surface area contributed by atoms with Crippen molar-refractivity contribution in [2.45, 2.75) is 44.7 Å². The number of carbonyl (C=O) groups excluding carboxylic acids is 1. The Morgan fingerprint density at radius 1 is 1.29 bits per heavy atom. The van der Waals surface area contributed by atoms with Gasteiger partial charge in [0.2, 0.25) is 0 Å². The first-order valence-electron chi connectivity index (χ1n) is 8.35. The summed E-state index contributed by atoms with van der Waals surface area (Å²) in [7, 11) is 0. The van der Waals surface area contributed by atoms with E-state index < -0.39 is 0 Å². The normalized spacial score (nSPS) is 21.0. The molecule has 0 atom stereocenters. The third-order valence-electron chi connectivity index (χ3n) is 4.75. The van der Waals surface area contributed by atoms with E-state index in [2.05, 4.69) is 38.2 Å². The summed E-state index contributed by atoms with van der Waals surface area (Å²) in [6.07, 6.45) is 8.08. The number of thiazole rings is 1. The number of pyridine rings is 1. The monoisotopic (exact) mass is 340 g/mol. The van der Waals surface area contributed by atoms with E-state index >= 15 is 0 Å². The van der Waals surface area contributed by atoms with Gasteiger partial charge in [0.1, 0.15) is 11.3 Å². The first-order valence-corrected chi connectivity index (χ1v) is 9.23. The summed E-state index contributed by atoms with van der Waals surface area (Å²) in [6, 6.07) is 6.90. The summed E-state index contributed by atoms with van der Waals surface area (Å²) in [5.74, 6) is -0.0455. The van der Waals surface area contributed by atoms with Gasteiger partial charge in [0, 0.05) is 35.2 Å². The lowest BCUT2D eigenvalue weighted by Gasteiger charge is -2.30. The second-order valence-corrected chi connectivity index (χ2v) is 7.43. The fourth-order valence-corrected chi connectivity index (χ4v) is 4.10. The maximum Gasteiger partial charge on any atom is 0.270 e. The van der Waals surface area contributed by atoms with E-state index in [1.807, 2.05) is 24.6 Å². The lowest BCUT2D eigenvalue weighted by molar-refractivity contribution is 0.0918. The van der Waals surface area contributed by atoms with E-state index in [9.17, 15) is 4.79 Å². The molecule has 0 spiro atoms. The van der Waals surface area contributed by atoms with Crippen molar-refractivity contribution in [3.05, 3.63) is 46.7 Å². The third kappa shape index (κ3) is 2.94. The zero-order valence-electron chi connectivity index (χ0n) is 13.6. The maximum atomic E-state index is 12.2. The number of hydrogen-bond donors (Lipinski definition) is 1. The highest BCUT2D eigenvalue weighted by Crippen LogP contribution is 2.31. The molecule has 0 saturated heterocycles. The molecule has 5 nitrogen and oxygen atoms in total. The molecule has 24 heavy (non-hydrogen) atoms. The highest BCUT2D eigenvalue weighted by Gasteiger charge is 2.25. The first kappa shape index (κ1) is 15.3. The van der Waals surface area contributed by atoms with E-state index in [0.29, 0.717) is 11.7 Å². The van der Waals surface area contributed by atoms with Crippen LogP contribution < -0.4 is 5.32 Å². The molecular formula is C18H20N4OS. The number of carbonyl (C=O) groups is 1.